The van der Waals surface area contributed by atoms with Crippen LogP contribution in [0, 0.1) is 5.92 Å². The molecule has 5 nitrogen and oxygen atoms in total. The van der Waals surface area contributed by atoms with E-state index in [9.17, 15) is 4.79 Å². The molecule has 2 N–H and O–H groups in total. The molecule has 2 amide bonds. The fourth-order valence-electron chi connectivity index (χ4n) is 2.50. The first-order valence-corrected chi connectivity index (χ1v) is 8.07. The number of rotatable bonds is 5. The number of carbonyl (C=O) groups is 1. The number of carbonyl (C=O) groups excluding carboxylic acids is 1. The Balaban J connectivity index is 1.71. The Labute approximate surface area is 137 Å². The van der Waals surface area contributed by atoms with Gasteiger partial charge in [0.15, 0.2) is 0 Å². The van der Waals surface area contributed by atoms with Crippen LogP contribution in [0.25, 0.3) is 0 Å². The molecule has 0 radical (unpaired) electrons. The van der Waals surface area contributed by atoms with Crippen molar-refractivity contribution in [1.82, 2.24) is 10.2 Å². The summed E-state index contributed by atoms with van der Waals surface area (Å²) in [6.07, 6.45) is 2.49. The molecule has 0 spiro atoms. The van der Waals surface area contributed by atoms with Gasteiger partial charge < -0.3 is 20.3 Å². The molecule has 1 aromatic carbocycles. The van der Waals surface area contributed by atoms with E-state index in [-0.39, 0.29) is 6.03 Å². The van der Waals surface area contributed by atoms with Crippen molar-refractivity contribution in [2.75, 3.05) is 38.6 Å². The molecule has 1 aliphatic heterocycles. The Bertz CT molecular complexity index is 502. The zero-order valence-corrected chi connectivity index (χ0v) is 13.9. The summed E-state index contributed by atoms with van der Waals surface area (Å²) in [6.45, 7) is 6.05. The fourth-order valence-corrected chi connectivity index (χ4v) is 2.72. The number of anilines is 1. The Morgan fingerprint density at radius 1 is 1.41 bits per heavy atom. The summed E-state index contributed by atoms with van der Waals surface area (Å²) in [5, 5.41) is 6.07. The minimum absolute atomic E-state index is 0.238. The van der Waals surface area contributed by atoms with E-state index in [4.69, 9.17) is 16.3 Å². The van der Waals surface area contributed by atoms with Gasteiger partial charge in [0.25, 0.3) is 0 Å². The average molecular weight is 326 g/mol. The summed E-state index contributed by atoms with van der Waals surface area (Å²) in [7, 11) is 1.58. The number of halogens is 1. The highest BCUT2D eigenvalue weighted by atomic mass is 35.5. The largest absolute Gasteiger partial charge is 0.497 e. The third-order valence-electron chi connectivity index (χ3n) is 4.01. The molecule has 122 valence electrons. The predicted molar refractivity (Wildman–Crippen MR) is 89.9 cm³/mol. The molecular formula is C16H24ClN3O2. The molecule has 22 heavy (non-hydrogen) atoms. The molecule has 0 unspecified atom stereocenters. The SMILES string of the molecule is COc1ccc(NC(=O)NCCN2CCC(C)CC2)c(Cl)c1. The van der Waals surface area contributed by atoms with Gasteiger partial charge in [0, 0.05) is 19.2 Å². The summed E-state index contributed by atoms with van der Waals surface area (Å²) in [6, 6.07) is 4.92. The highest BCUT2D eigenvalue weighted by Gasteiger charge is 2.15. The summed E-state index contributed by atoms with van der Waals surface area (Å²) in [4.78, 5) is 14.3. The highest BCUT2D eigenvalue weighted by molar-refractivity contribution is 6.33. The summed E-state index contributed by atoms with van der Waals surface area (Å²) >= 11 is 6.09. The fraction of sp³-hybridized carbons (Fsp3) is 0.562. The Hall–Kier alpha value is -1.46. The first-order valence-electron chi connectivity index (χ1n) is 7.69. The zero-order valence-electron chi connectivity index (χ0n) is 13.2. The van der Waals surface area contributed by atoms with Crippen LogP contribution in [-0.4, -0.2) is 44.2 Å². The molecule has 1 aromatic rings. The van der Waals surface area contributed by atoms with Crippen LogP contribution >= 0.6 is 11.6 Å². The molecule has 1 fully saturated rings. The van der Waals surface area contributed by atoms with Gasteiger partial charge in [0.2, 0.25) is 0 Å². The highest BCUT2D eigenvalue weighted by Crippen LogP contribution is 2.26. The molecule has 0 bridgehead atoms. The molecule has 1 saturated heterocycles. The van der Waals surface area contributed by atoms with Gasteiger partial charge in [0.05, 0.1) is 17.8 Å². The van der Waals surface area contributed by atoms with E-state index in [1.165, 1.54) is 12.8 Å². The van der Waals surface area contributed by atoms with Crippen molar-refractivity contribution in [3.8, 4) is 5.75 Å². The van der Waals surface area contributed by atoms with Crippen LogP contribution in [0.3, 0.4) is 0 Å². The van der Waals surface area contributed by atoms with Gasteiger partial charge in [-0.05, 0) is 44.0 Å². The molecule has 0 atom stereocenters. The van der Waals surface area contributed by atoms with Gasteiger partial charge in [-0.2, -0.15) is 0 Å². The van der Waals surface area contributed by atoms with Crippen LogP contribution < -0.4 is 15.4 Å². The third kappa shape index (κ3) is 5.07. The van der Waals surface area contributed by atoms with Crippen molar-refractivity contribution in [2.24, 2.45) is 5.92 Å². The molecular weight excluding hydrogens is 302 g/mol. The Morgan fingerprint density at radius 2 is 2.14 bits per heavy atom. The maximum Gasteiger partial charge on any atom is 0.319 e. The summed E-state index contributed by atoms with van der Waals surface area (Å²) < 4.78 is 5.08. The van der Waals surface area contributed by atoms with Crippen LogP contribution in [-0.2, 0) is 0 Å². The van der Waals surface area contributed by atoms with Gasteiger partial charge in [-0.3, -0.25) is 0 Å². The van der Waals surface area contributed by atoms with E-state index < -0.39 is 0 Å². The molecule has 0 saturated carbocycles. The third-order valence-corrected chi connectivity index (χ3v) is 4.33. The quantitative estimate of drug-likeness (QED) is 0.874. The number of urea groups is 1. The van der Waals surface area contributed by atoms with Crippen molar-refractivity contribution >= 4 is 23.3 Å². The zero-order chi connectivity index (χ0) is 15.9. The number of benzene rings is 1. The van der Waals surface area contributed by atoms with E-state index in [1.54, 1.807) is 25.3 Å². The van der Waals surface area contributed by atoms with Gasteiger partial charge in [0.1, 0.15) is 5.75 Å². The topological polar surface area (TPSA) is 53.6 Å². The first kappa shape index (κ1) is 16.9. The van der Waals surface area contributed by atoms with Crippen molar-refractivity contribution in [3.63, 3.8) is 0 Å². The van der Waals surface area contributed by atoms with Crippen LogP contribution in [0.1, 0.15) is 19.8 Å². The van der Waals surface area contributed by atoms with Gasteiger partial charge >= 0.3 is 6.03 Å². The first-order chi connectivity index (χ1) is 10.6. The van der Waals surface area contributed by atoms with Gasteiger partial charge in [-0.1, -0.05) is 18.5 Å². The molecule has 2 rings (SSSR count). The van der Waals surface area contributed by atoms with Gasteiger partial charge in [-0.15, -0.1) is 0 Å². The van der Waals surface area contributed by atoms with Crippen LogP contribution in [0.15, 0.2) is 18.2 Å². The number of methoxy groups -OCH3 is 1. The number of hydrogen-bond donors (Lipinski definition) is 2. The predicted octanol–water partition coefficient (Wildman–Crippen LogP) is 3.20. The number of likely N-dealkylation sites (tertiary alicyclic amines) is 1. The molecule has 1 heterocycles. The van der Waals surface area contributed by atoms with Crippen LogP contribution in [0.2, 0.25) is 5.02 Å². The van der Waals surface area contributed by atoms with Crippen LogP contribution in [0.4, 0.5) is 10.5 Å². The number of nitrogens with zero attached hydrogens (tertiary/aromatic N) is 1. The summed E-state index contributed by atoms with van der Waals surface area (Å²) in [5.74, 6) is 1.49. The second kappa shape index (κ2) is 8.25. The van der Waals surface area contributed by atoms with Crippen molar-refractivity contribution < 1.29 is 9.53 Å². The second-order valence-electron chi connectivity index (χ2n) is 5.75. The van der Waals surface area contributed by atoms with Crippen molar-refractivity contribution in [2.45, 2.75) is 19.8 Å². The van der Waals surface area contributed by atoms with E-state index in [2.05, 4.69) is 22.5 Å². The number of amides is 2. The molecule has 0 aromatic heterocycles. The normalized spacial score (nSPS) is 16.3. The standard InChI is InChI=1S/C16H24ClN3O2/c1-12-5-8-20(9-6-12)10-7-18-16(21)19-15-4-3-13(22-2)11-14(15)17/h3-4,11-12H,5-10H2,1-2H3,(H2,18,19,21). The average Bonchev–Trinajstić information content (AvgIpc) is 2.51. The van der Waals surface area contributed by atoms with E-state index in [0.29, 0.717) is 23.0 Å². The summed E-state index contributed by atoms with van der Waals surface area (Å²) in [5.41, 5.74) is 0.576. The molecule has 0 aliphatic carbocycles. The molecule has 6 heteroatoms. The number of piperidine rings is 1. The maximum atomic E-state index is 11.9. The van der Waals surface area contributed by atoms with Crippen LogP contribution in [0.5, 0.6) is 5.75 Å². The number of ether oxygens (including phenoxy) is 1. The van der Waals surface area contributed by atoms with E-state index in [0.717, 1.165) is 25.6 Å². The van der Waals surface area contributed by atoms with E-state index >= 15 is 0 Å². The lowest BCUT2D eigenvalue weighted by atomic mass is 9.99. The second-order valence-corrected chi connectivity index (χ2v) is 6.16. The monoisotopic (exact) mass is 325 g/mol. The molecule has 1 aliphatic rings. The van der Waals surface area contributed by atoms with E-state index in [1.807, 2.05) is 0 Å². The minimum Gasteiger partial charge on any atom is -0.497 e. The van der Waals surface area contributed by atoms with Crippen molar-refractivity contribution in [1.29, 1.82) is 0 Å². The van der Waals surface area contributed by atoms with Crippen molar-refractivity contribution in [3.05, 3.63) is 23.2 Å². The lowest BCUT2D eigenvalue weighted by Crippen LogP contribution is -2.40. The lowest BCUT2D eigenvalue weighted by Gasteiger charge is -2.30. The number of hydrogen-bond acceptors (Lipinski definition) is 3. The Morgan fingerprint density at radius 3 is 2.77 bits per heavy atom. The smallest absolute Gasteiger partial charge is 0.319 e. The maximum absolute atomic E-state index is 11.9. The lowest BCUT2D eigenvalue weighted by molar-refractivity contribution is 0.192. The number of nitrogens with one attached hydrogen (secondary N) is 2. The Kier molecular flexibility index (Phi) is 6.34. The van der Waals surface area contributed by atoms with Gasteiger partial charge in [-0.25, -0.2) is 4.79 Å². The minimum atomic E-state index is -0.238.